The Bertz CT molecular complexity index is 525. The second kappa shape index (κ2) is 7.48. The molecule has 1 aromatic rings. The van der Waals surface area contributed by atoms with E-state index in [0.29, 0.717) is 30.3 Å². The third-order valence-electron chi connectivity index (χ3n) is 2.41. The molecule has 0 unspecified atom stereocenters. The van der Waals surface area contributed by atoms with Crippen molar-refractivity contribution in [2.75, 3.05) is 6.54 Å². The number of hydrogen-bond acceptors (Lipinski definition) is 4. The fraction of sp³-hybridized carbons (Fsp3) is 0.333. The molecule has 0 aromatic heterocycles. The van der Waals surface area contributed by atoms with E-state index < -0.39 is 4.92 Å². The average Bonchev–Trinajstić information content (AvgIpc) is 2.38. The molecule has 0 fully saturated rings. The Hall–Kier alpha value is -1.94. The van der Waals surface area contributed by atoms with Gasteiger partial charge >= 0.3 is 0 Å². The van der Waals surface area contributed by atoms with Crippen molar-refractivity contribution in [3.8, 4) is 6.07 Å². The van der Waals surface area contributed by atoms with E-state index in [-0.39, 0.29) is 17.2 Å². The van der Waals surface area contributed by atoms with Crippen molar-refractivity contribution < 1.29 is 9.72 Å². The Morgan fingerprint density at radius 1 is 1.47 bits per heavy atom. The Labute approximate surface area is 118 Å². The summed E-state index contributed by atoms with van der Waals surface area (Å²) in [6, 6.07) is 6.05. The second-order valence-electron chi connectivity index (χ2n) is 3.79. The van der Waals surface area contributed by atoms with Crippen LogP contribution < -0.4 is 5.32 Å². The normalized spacial score (nSPS) is 9.68. The number of unbranched alkanes of at least 4 members (excludes halogenated alkanes) is 2. The summed E-state index contributed by atoms with van der Waals surface area (Å²) in [5.74, 6) is -0.368. The summed E-state index contributed by atoms with van der Waals surface area (Å²) in [6.45, 7) is 0.440. The van der Waals surface area contributed by atoms with E-state index in [2.05, 4.69) is 21.2 Å². The van der Waals surface area contributed by atoms with Gasteiger partial charge in [-0.1, -0.05) is 0 Å². The highest BCUT2D eigenvalue weighted by Crippen LogP contribution is 2.22. The van der Waals surface area contributed by atoms with Gasteiger partial charge in [-0.2, -0.15) is 5.26 Å². The van der Waals surface area contributed by atoms with Crippen LogP contribution in [-0.2, 0) is 0 Å². The number of carbonyl (C=O) groups is 1. The van der Waals surface area contributed by atoms with Gasteiger partial charge < -0.3 is 5.32 Å². The van der Waals surface area contributed by atoms with Gasteiger partial charge in [0.1, 0.15) is 0 Å². The van der Waals surface area contributed by atoms with Crippen LogP contribution >= 0.6 is 15.9 Å². The number of rotatable bonds is 6. The number of non-ortho nitro benzene ring substituents is 1. The molecule has 19 heavy (non-hydrogen) atoms. The predicted molar refractivity (Wildman–Crippen MR) is 72.6 cm³/mol. The lowest BCUT2D eigenvalue weighted by atomic mass is 10.2. The molecule has 0 spiro atoms. The number of nitrogens with one attached hydrogen (secondary N) is 1. The number of benzene rings is 1. The minimum absolute atomic E-state index is 0.127. The Kier molecular flexibility index (Phi) is 5.96. The number of nitriles is 1. The monoisotopic (exact) mass is 325 g/mol. The van der Waals surface area contributed by atoms with Crippen LogP contribution in [0.25, 0.3) is 0 Å². The van der Waals surface area contributed by atoms with Gasteiger partial charge in [-0.15, -0.1) is 0 Å². The highest BCUT2D eigenvalue weighted by atomic mass is 79.9. The Balaban J connectivity index is 2.64. The topological polar surface area (TPSA) is 96.0 Å². The molecular weight excluding hydrogens is 314 g/mol. The highest BCUT2D eigenvalue weighted by Gasteiger charge is 2.14. The van der Waals surface area contributed by atoms with Crippen molar-refractivity contribution in [3.63, 3.8) is 0 Å². The summed E-state index contributed by atoms with van der Waals surface area (Å²) in [6.07, 6.45) is 1.87. The molecule has 0 heterocycles. The van der Waals surface area contributed by atoms with Gasteiger partial charge in [0.15, 0.2) is 0 Å². The van der Waals surface area contributed by atoms with Crippen LogP contribution in [0, 0.1) is 21.4 Å². The molecule has 0 aliphatic rings. The van der Waals surface area contributed by atoms with Crippen LogP contribution in [0.4, 0.5) is 5.69 Å². The maximum atomic E-state index is 11.8. The largest absolute Gasteiger partial charge is 0.352 e. The second-order valence-corrected chi connectivity index (χ2v) is 4.65. The molecule has 1 amide bonds. The molecule has 7 heteroatoms. The van der Waals surface area contributed by atoms with Gasteiger partial charge in [-0.25, -0.2) is 0 Å². The number of amides is 1. The molecular formula is C12H12BrN3O3. The summed E-state index contributed by atoms with van der Waals surface area (Å²) in [4.78, 5) is 21.9. The van der Waals surface area contributed by atoms with Crippen molar-refractivity contribution in [3.05, 3.63) is 38.3 Å². The first-order chi connectivity index (χ1) is 9.06. The zero-order valence-electron chi connectivity index (χ0n) is 10.1. The predicted octanol–water partition coefficient (Wildman–Crippen LogP) is 2.78. The fourth-order valence-electron chi connectivity index (χ4n) is 1.43. The molecule has 0 aliphatic carbocycles. The quantitative estimate of drug-likeness (QED) is 0.494. The van der Waals surface area contributed by atoms with E-state index in [1.165, 1.54) is 18.2 Å². The number of carbonyl (C=O) groups excluding carboxylic acids is 1. The molecule has 6 nitrogen and oxygen atoms in total. The van der Waals surface area contributed by atoms with Crippen molar-refractivity contribution in [1.82, 2.24) is 5.32 Å². The SMILES string of the molecule is N#CCCCCNC(=O)c1cc([N+](=O)[O-])ccc1Br. The van der Waals surface area contributed by atoms with Crippen LogP contribution in [0.2, 0.25) is 0 Å². The van der Waals surface area contributed by atoms with Gasteiger partial charge in [0.25, 0.3) is 11.6 Å². The smallest absolute Gasteiger partial charge is 0.270 e. The van der Waals surface area contributed by atoms with E-state index >= 15 is 0 Å². The molecule has 0 atom stereocenters. The van der Waals surface area contributed by atoms with Gasteiger partial charge in [-0.3, -0.25) is 14.9 Å². The van der Waals surface area contributed by atoms with Gasteiger partial charge in [-0.05, 0) is 34.8 Å². The number of halogens is 1. The van der Waals surface area contributed by atoms with Crippen LogP contribution in [0.5, 0.6) is 0 Å². The maximum absolute atomic E-state index is 11.8. The first-order valence-corrected chi connectivity index (χ1v) is 6.44. The van der Waals surface area contributed by atoms with Crippen molar-refractivity contribution in [2.24, 2.45) is 0 Å². The van der Waals surface area contributed by atoms with E-state index in [9.17, 15) is 14.9 Å². The standard InChI is InChI=1S/C12H12BrN3O3/c13-11-5-4-9(16(18)19)8-10(11)12(17)15-7-3-1-2-6-14/h4-5,8H,1-3,7H2,(H,15,17). The van der Waals surface area contributed by atoms with Crippen LogP contribution in [0.15, 0.2) is 22.7 Å². The lowest BCUT2D eigenvalue weighted by Crippen LogP contribution is -2.24. The van der Waals surface area contributed by atoms with E-state index in [1.807, 2.05) is 6.07 Å². The highest BCUT2D eigenvalue weighted by molar-refractivity contribution is 9.10. The Morgan fingerprint density at radius 3 is 2.84 bits per heavy atom. The van der Waals surface area contributed by atoms with Gasteiger partial charge in [0.2, 0.25) is 0 Å². The molecule has 1 N–H and O–H groups in total. The molecule has 1 rings (SSSR count). The van der Waals surface area contributed by atoms with Crippen molar-refractivity contribution in [1.29, 1.82) is 5.26 Å². The van der Waals surface area contributed by atoms with Crippen LogP contribution in [0.1, 0.15) is 29.6 Å². The third-order valence-corrected chi connectivity index (χ3v) is 3.10. The zero-order valence-corrected chi connectivity index (χ0v) is 11.6. The van der Waals surface area contributed by atoms with Gasteiger partial charge in [0, 0.05) is 29.6 Å². The summed E-state index contributed by atoms with van der Waals surface area (Å²) in [5, 5.41) is 21.7. The van der Waals surface area contributed by atoms with E-state index in [0.717, 1.165) is 0 Å². The van der Waals surface area contributed by atoms with E-state index in [4.69, 9.17) is 5.26 Å². The van der Waals surface area contributed by atoms with Crippen LogP contribution in [0.3, 0.4) is 0 Å². The first kappa shape index (κ1) is 15.1. The van der Waals surface area contributed by atoms with Crippen molar-refractivity contribution in [2.45, 2.75) is 19.3 Å². The third kappa shape index (κ3) is 4.67. The summed E-state index contributed by atoms with van der Waals surface area (Å²) >= 11 is 3.19. The number of hydrogen-bond donors (Lipinski definition) is 1. The Morgan fingerprint density at radius 2 is 2.21 bits per heavy atom. The lowest BCUT2D eigenvalue weighted by molar-refractivity contribution is -0.384. The average molecular weight is 326 g/mol. The van der Waals surface area contributed by atoms with Crippen LogP contribution in [-0.4, -0.2) is 17.4 Å². The summed E-state index contributed by atoms with van der Waals surface area (Å²) in [7, 11) is 0. The number of nitrogens with zero attached hydrogens (tertiary/aromatic N) is 2. The maximum Gasteiger partial charge on any atom is 0.270 e. The minimum atomic E-state index is -0.545. The molecule has 100 valence electrons. The summed E-state index contributed by atoms with van der Waals surface area (Å²) < 4.78 is 0.507. The number of nitro benzene ring substituents is 1. The molecule has 0 saturated heterocycles. The molecule has 1 aromatic carbocycles. The fourth-order valence-corrected chi connectivity index (χ4v) is 1.85. The summed E-state index contributed by atoms with van der Waals surface area (Å²) in [5.41, 5.74) is 0.104. The van der Waals surface area contributed by atoms with Gasteiger partial charge in [0.05, 0.1) is 16.6 Å². The number of nitro groups is 1. The molecule has 0 aliphatic heterocycles. The van der Waals surface area contributed by atoms with E-state index in [1.54, 1.807) is 0 Å². The molecule has 0 radical (unpaired) electrons. The molecule has 0 bridgehead atoms. The molecule has 0 saturated carbocycles. The first-order valence-electron chi connectivity index (χ1n) is 5.65. The lowest BCUT2D eigenvalue weighted by Gasteiger charge is -2.06. The van der Waals surface area contributed by atoms with Crippen molar-refractivity contribution >= 4 is 27.5 Å². The zero-order chi connectivity index (χ0) is 14.3. The minimum Gasteiger partial charge on any atom is -0.352 e.